The van der Waals surface area contributed by atoms with Gasteiger partial charge >= 0.3 is 11.9 Å². The summed E-state index contributed by atoms with van der Waals surface area (Å²) in [5, 5.41) is 15.2. The minimum Gasteiger partial charge on any atom is -0.506 e. The van der Waals surface area contributed by atoms with Gasteiger partial charge in [0, 0.05) is 10.6 Å². The van der Waals surface area contributed by atoms with Gasteiger partial charge in [-0.05, 0) is 40.2 Å². The van der Waals surface area contributed by atoms with Crippen molar-refractivity contribution in [1.29, 1.82) is 0 Å². The average molecular weight is 466 g/mol. The van der Waals surface area contributed by atoms with Gasteiger partial charge in [-0.25, -0.2) is 14.3 Å². The Bertz CT molecular complexity index is 1070. The lowest BCUT2D eigenvalue weighted by Crippen LogP contribution is -2.15. The van der Waals surface area contributed by atoms with Crippen molar-refractivity contribution in [2.24, 2.45) is 0 Å². The highest BCUT2D eigenvalue weighted by Gasteiger charge is 2.32. The molecular formula is C19H14BrClN2O5. The number of aromatic hydroxyl groups is 1. The summed E-state index contributed by atoms with van der Waals surface area (Å²) < 4.78 is 11.3. The topological polar surface area (TPSA) is 90.6 Å². The Balaban J connectivity index is 2.43. The molecule has 0 bridgehead atoms. The zero-order chi connectivity index (χ0) is 20.4. The minimum atomic E-state index is -0.812. The Morgan fingerprint density at radius 1 is 1.11 bits per heavy atom. The summed E-state index contributed by atoms with van der Waals surface area (Å²) in [5.74, 6) is -1.79. The molecule has 3 rings (SSSR count). The number of phenolic OH excluding ortho intramolecular Hbond substituents is 1. The maximum atomic E-state index is 12.6. The maximum absolute atomic E-state index is 12.6. The van der Waals surface area contributed by atoms with Gasteiger partial charge < -0.3 is 14.6 Å². The molecule has 0 aliphatic carbocycles. The van der Waals surface area contributed by atoms with Crippen LogP contribution in [0.4, 0.5) is 0 Å². The molecule has 144 valence electrons. The van der Waals surface area contributed by atoms with Crippen LogP contribution in [0.25, 0.3) is 16.9 Å². The summed E-state index contributed by atoms with van der Waals surface area (Å²) in [6.45, 7) is 0. The van der Waals surface area contributed by atoms with E-state index in [4.69, 9.17) is 21.1 Å². The van der Waals surface area contributed by atoms with Crippen molar-refractivity contribution in [3.8, 4) is 22.7 Å². The summed E-state index contributed by atoms with van der Waals surface area (Å²) in [6.07, 6.45) is 0. The molecule has 7 nitrogen and oxygen atoms in total. The molecule has 1 aromatic heterocycles. The highest BCUT2D eigenvalue weighted by Crippen LogP contribution is 2.40. The number of rotatable bonds is 4. The largest absolute Gasteiger partial charge is 0.506 e. The number of phenols is 1. The lowest BCUT2D eigenvalue weighted by Gasteiger charge is -2.07. The molecule has 0 spiro atoms. The van der Waals surface area contributed by atoms with Gasteiger partial charge in [0.2, 0.25) is 0 Å². The lowest BCUT2D eigenvalue weighted by molar-refractivity contribution is 0.0549. The first kappa shape index (κ1) is 19.9. The molecule has 2 aromatic carbocycles. The molecule has 0 amide bonds. The van der Waals surface area contributed by atoms with E-state index in [-0.39, 0.29) is 28.3 Å². The molecule has 0 saturated heterocycles. The molecule has 0 fully saturated rings. The SMILES string of the molecule is COC(=O)c1c(-c2cc(Cl)cc(Br)c2O)nn(-c2ccccc2)c1C(=O)OC. The third-order valence-corrected chi connectivity index (χ3v) is 4.76. The van der Waals surface area contributed by atoms with Crippen molar-refractivity contribution in [2.75, 3.05) is 14.2 Å². The number of hydrogen-bond donors (Lipinski definition) is 1. The Labute approximate surface area is 173 Å². The number of carbonyl (C=O) groups excluding carboxylic acids is 2. The van der Waals surface area contributed by atoms with Gasteiger partial charge in [-0.1, -0.05) is 29.8 Å². The van der Waals surface area contributed by atoms with E-state index < -0.39 is 11.9 Å². The van der Waals surface area contributed by atoms with Gasteiger partial charge in [-0.3, -0.25) is 0 Å². The maximum Gasteiger partial charge on any atom is 0.357 e. The van der Waals surface area contributed by atoms with Crippen LogP contribution in [0.2, 0.25) is 5.02 Å². The molecule has 28 heavy (non-hydrogen) atoms. The number of nitrogens with zero attached hydrogens (tertiary/aromatic N) is 2. The highest BCUT2D eigenvalue weighted by atomic mass is 79.9. The molecule has 3 aromatic rings. The number of esters is 2. The average Bonchev–Trinajstić information content (AvgIpc) is 3.10. The molecular weight excluding hydrogens is 452 g/mol. The van der Waals surface area contributed by atoms with Crippen molar-refractivity contribution >= 4 is 39.5 Å². The first-order valence-corrected chi connectivity index (χ1v) is 9.09. The van der Waals surface area contributed by atoms with Crippen LogP contribution in [0.15, 0.2) is 46.9 Å². The summed E-state index contributed by atoms with van der Waals surface area (Å²) in [5.41, 5.74) is 0.407. The smallest absolute Gasteiger partial charge is 0.357 e. The second-order valence-corrected chi connectivity index (χ2v) is 6.88. The van der Waals surface area contributed by atoms with Crippen LogP contribution in [0.1, 0.15) is 20.8 Å². The number of hydrogen-bond acceptors (Lipinski definition) is 6. The van der Waals surface area contributed by atoms with E-state index in [0.29, 0.717) is 15.2 Å². The second-order valence-electron chi connectivity index (χ2n) is 5.59. The van der Waals surface area contributed by atoms with Crippen LogP contribution in [-0.4, -0.2) is 41.0 Å². The monoisotopic (exact) mass is 464 g/mol. The molecule has 0 unspecified atom stereocenters. The molecule has 1 N–H and O–H groups in total. The van der Waals surface area contributed by atoms with Crippen molar-refractivity contribution < 1.29 is 24.2 Å². The number of para-hydroxylation sites is 1. The van der Waals surface area contributed by atoms with Crippen LogP contribution in [0, 0.1) is 0 Å². The molecule has 9 heteroatoms. The Hall–Kier alpha value is -2.84. The van der Waals surface area contributed by atoms with Gasteiger partial charge in [0.05, 0.1) is 24.4 Å². The third kappa shape index (κ3) is 3.48. The van der Waals surface area contributed by atoms with Crippen molar-refractivity contribution in [1.82, 2.24) is 9.78 Å². The second kappa shape index (κ2) is 8.04. The summed E-state index contributed by atoms with van der Waals surface area (Å²) >= 11 is 9.32. The molecule has 0 saturated carbocycles. The summed E-state index contributed by atoms with van der Waals surface area (Å²) in [6, 6.07) is 11.6. The Morgan fingerprint density at radius 2 is 1.75 bits per heavy atom. The number of aromatic nitrogens is 2. The number of ether oxygens (including phenoxy) is 2. The van der Waals surface area contributed by atoms with Crippen molar-refractivity contribution in [3.63, 3.8) is 0 Å². The van der Waals surface area contributed by atoms with Crippen molar-refractivity contribution in [2.45, 2.75) is 0 Å². The van der Waals surface area contributed by atoms with E-state index in [1.165, 1.54) is 31.0 Å². The summed E-state index contributed by atoms with van der Waals surface area (Å²) in [7, 11) is 2.37. The molecule has 1 heterocycles. The number of carbonyl (C=O) groups is 2. The number of benzene rings is 2. The van der Waals surface area contributed by atoms with E-state index >= 15 is 0 Å². The zero-order valence-corrected chi connectivity index (χ0v) is 17.1. The van der Waals surface area contributed by atoms with E-state index in [1.807, 2.05) is 0 Å². The fourth-order valence-corrected chi connectivity index (χ4v) is 3.50. The molecule has 0 aliphatic rings. The quantitative estimate of drug-likeness (QED) is 0.580. The molecule has 0 radical (unpaired) electrons. The standard InChI is InChI=1S/C19H14BrClN2O5/c1-27-18(25)14-15(12-8-10(21)9-13(20)17(12)24)22-23(16(14)19(26)28-2)11-6-4-3-5-7-11/h3-9,24H,1-2H3. The van der Waals surface area contributed by atoms with Crippen LogP contribution in [0.5, 0.6) is 5.75 Å². The van der Waals surface area contributed by atoms with E-state index in [1.54, 1.807) is 30.3 Å². The first-order chi connectivity index (χ1) is 13.4. The molecule has 0 aliphatic heterocycles. The van der Waals surface area contributed by atoms with E-state index in [2.05, 4.69) is 21.0 Å². The van der Waals surface area contributed by atoms with Gasteiger partial charge in [0.25, 0.3) is 0 Å². The zero-order valence-electron chi connectivity index (χ0n) is 14.8. The predicted molar refractivity (Wildman–Crippen MR) is 106 cm³/mol. The van der Waals surface area contributed by atoms with Crippen LogP contribution >= 0.6 is 27.5 Å². The van der Waals surface area contributed by atoms with Gasteiger partial charge in [0.1, 0.15) is 17.0 Å². The van der Waals surface area contributed by atoms with Gasteiger partial charge in [-0.15, -0.1) is 0 Å². The Morgan fingerprint density at radius 3 is 2.36 bits per heavy atom. The van der Waals surface area contributed by atoms with Crippen LogP contribution < -0.4 is 0 Å². The Kier molecular flexibility index (Phi) is 5.71. The summed E-state index contributed by atoms with van der Waals surface area (Å²) in [4.78, 5) is 25.1. The van der Waals surface area contributed by atoms with E-state index in [9.17, 15) is 14.7 Å². The van der Waals surface area contributed by atoms with E-state index in [0.717, 1.165) is 0 Å². The normalized spacial score (nSPS) is 10.6. The fraction of sp³-hybridized carbons (Fsp3) is 0.105. The van der Waals surface area contributed by atoms with Crippen LogP contribution in [0.3, 0.4) is 0 Å². The van der Waals surface area contributed by atoms with Gasteiger partial charge in [0.15, 0.2) is 5.69 Å². The number of halogens is 2. The highest BCUT2D eigenvalue weighted by molar-refractivity contribution is 9.10. The third-order valence-electron chi connectivity index (χ3n) is 3.94. The lowest BCUT2D eigenvalue weighted by atomic mass is 10.0. The number of methoxy groups -OCH3 is 2. The molecule has 0 atom stereocenters. The predicted octanol–water partition coefficient (Wildman–Crippen LogP) is 4.23. The minimum absolute atomic E-state index is 0.0248. The van der Waals surface area contributed by atoms with Crippen molar-refractivity contribution in [3.05, 3.63) is 63.2 Å². The first-order valence-electron chi connectivity index (χ1n) is 7.92. The fourth-order valence-electron chi connectivity index (χ4n) is 2.69. The van der Waals surface area contributed by atoms with Crippen LogP contribution in [-0.2, 0) is 9.47 Å². The van der Waals surface area contributed by atoms with Gasteiger partial charge in [-0.2, -0.15) is 5.10 Å².